The summed E-state index contributed by atoms with van der Waals surface area (Å²) < 4.78 is 47.7. The van der Waals surface area contributed by atoms with Crippen LogP contribution in [0.15, 0.2) is 51.7 Å². The number of aryl methyl sites for hydroxylation is 1. The fourth-order valence-corrected chi connectivity index (χ4v) is 3.92. The molecule has 0 saturated heterocycles. The summed E-state index contributed by atoms with van der Waals surface area (Å²) in [6.45, 7) is 3.28. The average molecular weight is 501 g/mol. The van der Waals surface area contributed by atoms with E-state index in [1.54, 1.807) is 19.9 Å². The SMILES string of the molecule is Cc1cc(C(C)Nc2ccc(Cl)nc2C(=O)O)c2oc(-c3cc#ccc3)c(C(F)(F)F)c(=O)c2c1. The molecule has 0 radical (unpaired) electrons. The normalized spacial score (nSPS) is 12.3. The zero-order chi connectivity index (χ0) is 25.5. The molecule has 35 heavy (non-hydrogen) atoms. The van der Waals surface area contributed by atoms with Gasteiger partial charge in [-0.1, -0.05) is 29.8 Å². The van der Waals surface area contributed by atoms with Gasteiger partial charge in [-0.2, -0.15) is 13.2 Å². The fourth-order valence-electron chi connectivity index (χ4n) is 3.77. The Balaban J connectivity index is 1.96. The molecule has 1 atom stereocenters. The van der Waals surface area contributed by atoms with Crippen LogP contribution in [-0.4, -0.2) is 16.1 Å². The zero-order valence-electron chi connectivity index (χ0n) is 18.2. The summed E-state index contributed by atoms with van der Waals surface area (Å²) in [6, 6.07) is 14.2. The molecule has 0 bridgehead atoms. The van der Waals surface area contributed by atoms with Crippen molar-refractivity contribution in [2.75, 3.05) is 5.32 Å². The molecule has 0 saturated carbocycles. The lowest BCUT2D eigenvalue weighted by Crippen LogP contribution is -2.22. The van der Waals surface area contributed by atoms with Crippen LogP contribution in [0.1, 0.15) is 40.1 Å². The second-order valence-electron chi connectivity index (χ2n) is 7.79. The van der Waals surface area contributed by atoms with Gasteiger partial charge in [0.25, 0.3) is 0 Å². The van der Waals surface area contributed by atoms with Crippen LogP contribution < -0.4 is 10.7 Å². The van der Waals surface area contributed by atoms with Gasteiger partial charge in [0.05, 0.1) is 17.1 Å². The summed E-state index contributed by atoms with van der Waals surface area (Å²) in [4.78, 5) is 28.5. The molecule has 4 aromatic rings. The predicted octanol–water partition coefficient (Wildman–Crippen LogP) is 6.31. The van der Waals surface area contributed by atoms with Crippen molar-refractivity contribution >= 4 is 34.2 Å². The number of aromatic carboxylic acids is 1. The minimum Gasteiger partial charge on any atom is -0.476 e. The number of alkyl halides is 3. The number of fused-ring (bicyclic) bond motifs is 1. The van der Waals surface area contributed by atoms with Crippen LogP contribution in [-0.2, 0) is 6.18 Å². The molecule has 10 heteroatoms. The summed E-state index contributed by atoms with van der Waals surface area (Å²) >= 11 is 5.81. The van der Waals surface area contributed by atoms with Gasteiger partial charge in [0.1, 0.15) is 16.3 Å². The number of carboxylic acids is 1. The van der Waals surface area contributed by atoms with E-state index in [4.69, 9.17) is 16.0 Å². The smallest absolute Gasteiger partial charge is 0.423 e. The van der Waals surface area contributed by atoms with Gasteiger partial charge in [-0.15, -0.1) is 0 Å². The molecule has 2 aromatic heterocycles. The van der Waals surface area contributed by atoms with E-state index < -0.39 is 34.9 Å². The predicted molar refractivity (Wildman–Crippen MR) is 124 cm³/mol. The maximum atomic E-state index is 14.0. The van der Waals surface area contributed by atoms with Crippen molar-refractivity contribution in [1.82, 2.24) is 4.98 Å². The number of carbonyl (C=O) groups is 1. The van der Waals surface area contributed by atoms with Gasteiger partial charge in [0.15, 0.2) is 11.5 Å². The Bertz CT molecular complexity index is 1500. The molecule has 4 rings (SSSR count). The molecule has 0 aliphatic carbocycles. The second kappa shape index (κ2) is 8.96. The lowest BCUT2D eigenvalue weighted by Gasteiger charge is -2.20. The van der Waals surface area contributed by atoms with E-state index >= 15 is 0 Å². The highest BCUT2D eigenvalue weighted by Gasteiger charge is 2.40. The van der Waals surface area contributed by atoms with E-state index in [2.05, 4.69) is 22.4 Å². The standard InChI is InChI=1S/C25H16ClF3N2O4/c1-12-10-15(13(2)30-17-8-9-18(26)31-20(17)24(33)34)23-16(11-12)21(32)19(25(27,28)29)22(35-23)14-6-4-3-5-7-14/h4,6-11,13,30H,1-2H3,(H,33,34). The Kier molecular flexibility index (Phi) is 6.17. The van der Waals surface area contributed by atoms with Gasteiger partial charge in [0.2, 0.25) is 5.43 Å². The molecule has 2 heterocycles. The number of nitrogens with one attached hydrogen (secondary N) is 1. The Morgan fingerprint density at radius 3 is 2.60 bits per heavy atom. The van der Waals surface area contributed by atoms with Crippen LogP contribution in [0.5, 0.6) is 0 Å². The molecule has 1 unspecified atom stereocenters. The molecule has 6 nitrogen and oxygen atoms in total. The monoisotopic (exact) mass is 500 g/mol. The van der Waals surface area contributed by atoms with E-state index in [0.29, 0.717) is 11.1 Å². The summed E-state index contributed by atoms with van der Waals surface area (Å²) in [5.41, 5.74) is -2.03. The summed E-state index contributed by atoms with van der Waals surface area (Å²) in [7, 11) is 0. The molecule has 0 spiro atoms. The van der Waals surface area contributed by atoms with Gasteiger partial charge in [-0.05, 0) is 55.8 Å². The number of rotatable bonds is 5. The first kappa shape index (κ1) is 24.1. The maximum Gasteiger partial charge on any atom is 0.423 e. The second-order valence-corrected chi connectivity index (χ2v) is 8.17. The third-order valence-electron chi connectivity index (χ3n) is 5.27. The highest BCUT2D eigenvalue weighted by Crippen LogP contribution is 2.38. The first-order valence-corrected chi connectivity index (χ1v) is 10.6. The number of halogens is 4. The van der Waals surface area contributed by atoms with Crippen molar-refractivity contribution < 1.29 is 27.5 Å². The number of aromatic nitrogens is 1. The molecule has 0 amide bonds. The van der Waals surface area contributed by atoms with Crippen molar-refractivity contribution in [2.45, 2.75) is 26.1 Å². The topological polar surface area (TPSA) is 92.4 Å². The minimum atomic E-state index is -4.97. The Hall–Kier alpha value is -4.03. The number of hydrogen-bond donors (Lipinski definition) is 2. The van der Waals surface area contributed by atoms with Crippen LogP contribution >= 0.6 is 11.6 Å². The number of pyridine rings is 1. The van der Waals surface area contributed by atoms with Gasteiger partial charge < -0.3 is 14.8 Å². The molecular weight excluding hydrogens is 485 g/mol. The fraction of sp³-hybridized carbons (Fsp3) is 0.160. The van der Waals surface area contributed by atoms with Gasteiger partial charge in [-0.25, -0.2) is 9.78 Å². The molecule has 2 N–H and O–H groups in total. The lowest BCUT2D eigenvalue weighted by molar-refractivity contribution is -0.138. The first-order valence-electron chi connectivity index (χ1n) is 10.2. The Morgan fingerprint density at radius 2 is 1.97 bits per heavy atom. The quantitative estimate of drug-likeness (QED) is 0.312. The number of benzene rings is 1. The average Bonchev–Trinajstić information content (AvgIpc) is 2.79. The molecule has 0 aliphatic rings. The molecule has 0 aliphatic heterocycles. The maximum absolute atomic E-state index is 14.0. The molecular formula is C25H16ClF3N2O4. The minimum absolute atomic E-state index is 0.0114. The van der Waals surface area contributed by atoms with E-state index in [0.717, 1.165) is 0 Å². The van der Waals surface area contributed by atoms with Gasteiger partial charge in [-0.3, -0.25) is 4.79 Å². The summed E-state index contributed by atoms with van der Waals surface area (Å²) in [5, 5.41) is 12.2. The first-order chi connectivity index (χ1) is 16.5. The molecule has 178 valence electrons. The van der Waals surface area contributed by atoms with Gasteiger partial charge >= 0.3 is 12.1 Å². The molecule has 0 fully saturated rings. The van der Waals surface area contributed by atoms with Crippen molar-refractivity contribution in [3.63, 3.8) is 0 Å². The number of nitrogens with zero attached hydrogens (tertiary/aromatic N) is 1. The number of hydrogen-bond acceptors (Lipinski definition) is 5. The van der Waals surface area contributed by atoms with Crippen LogP contribution in [0, 0.1) is 19.1 Å². The van der Waals surface area contributed by atoms with E-state index in [9.17, 15) is 27.9 Å². The zero-order valence-corrected chi connectivity index (χ0v) is 19.0. The lowest BCUT2D eigenvalue weighted by atomic mass is 9.98. The largest absolute Gasteiger partial charge is 0.476 e. The van der Waals surface area contributed by atoms with Crippen LogP contribution in [0.4, 0.5) is 18.9 Å². The van der Waals surface area contributed by atoms with E-state index in [-0.39, 0.29) is 33.1 Å². The van der Waals surface area contributed by atoms with Crippen molar-refractivity contribution in [3.05, 3.63) is 92.4 Å². The van der Waals surface area contributed by atoms with Crippen molar-refractivity contribution in [2.24, 2.45) is 0 Å². The molecule has 2 aromatic carbocycles. The number of anilines is 1. The highest BCUT2D eigenvalue weighted by atomic mass is 35.5. The number of carboxylic acid groups (broad SMARTS) is 1. The van der Waals surface area contributed by atoms with Crippen molar-refractivity contribution in [1.29, 1.82) is 0 Å². The van der Waals surface area contributed by atoms with Crippen LogP contribution in [0.25, 0.3) is 22.3 Å². The van der Waals surface area contributed by atoms with Crippen LogP contribution in [0.2, 0.25) is 5.15 Å². The van der Waals surface area contributed by atoms with Crippen molar-refractivity contribution in [3.8, 4) is 11.3 Å². The Labute approximate surface area is 202 Å². The van der Waals surface area contributed by atoms with E-state index in [1.807, 2.05) is 0 Å². The summed E-state index contributed by atoms with van der Waals surface area (Å²) in [5.74, 6) is -1.96. The third-order valence-corrected chi connectivity index (χ3v) is 5.48. The Morgan fingerprint density at radius 1 is 1.23 bits per heavy atom. The van der Waals surface area contributed by atoms with Crippen LogP contribution in [0.3, 0.4) is 0 Å². The van der Waals surface area contributed by atoms with Gasteiger partial charge in [0, 0.05) is 11.1 Å². The highest BCUT2D eigenvalue weighted by molar-refractivity contribution is 6.29. The van der Waals surface area contributed by atoms with E-state index in [1.165, 1.54) is 36.4 Å². The third kappa shape index (κ3) is 4.66. The summed E-state index contributed by atoms with van der Waals surface area (Å²) in [6.07, 6.45) is -4.97.